The maximum absolute atomic E-state index is 12.1. The molecule has 0 saturated heterocycles. The molecule has 0 spiro atoms. The number of para-hydroxylation sites is 1. The molecule has 0 aliphatic rings. The second kappa shape index (κ2) is 8.44. The number of aromatic nitrogens is 2. The molecule has 25 heavy (non-hydrogen) atoms. The third kappa shape index (κ3) is 5.04. The summed E-state index contributed by atoms with van der Waals surface area (Å²) in [4.78, 5) is 20.5. The summed E-state index contributed by atoms with van der Waals surface area (Å²) in [6, 6.07) is 20.2. The monoisotopic (exact) mass is 334 g/mol. The number of amides is 1. The lowest BCUT2D eigenvalue weighted by atomic mass is 10.2. The number of benzene rings is 2. The quantitative estimate of drug-likeness (QED) is 0.649. The van der Waals surface area contributed by atoms with E-state index in [1.165, 1.54) is 0 Å². The first kappa shape index (κ1) is 16.4. The third-order valence-electron chi connectivity index (χ3n) is 3.33. The van der Waals surface area contributed by atoms with Gasteiger partial charge in [0.15, 0.2) is 0 Å². The molecule has 0 unspecified atom stereocenters. The number of carbonyl (C=O) groups excluding carboxylic acids is 1. The van der Waals surface area contributed by atoms with E-state index in [-0.39, 0.29) is 5.91 Å². The Morgan fingerprint density at radius 2 is 1.68 bits per heavy atom. The second-order valence-electron chi connectivity index (χ2n) is 5.17. The Bertz CT molecular complexity index is 810. The van der Waals surface area contributed by atoms with Crippen molar-refractivity contribution >= 4 is 17.7 Å². The summed E-state index contributed by atoms with van der Waals surface area (Å²) in [6.45, 7) is 1.03. The predicted octanol–water partition coefficient (Wildman–Crippen LogP) is 3.22. The van der Waals surface area contributed by atoms with E-state index in [9.17, 15) is 4.79 Å². The summed E-state index contributed by atoms with van der Waals surface area (Å²) in [6.07, 6.45) is 1.59. The van der Waals surface area contributed by atoms with Crippen LogP contribution in [0.4, 0.5) is 11.8 Å². The van der Waals surface area contributed by atoms with Crippen LogP contribution in [0.1, 0.15) is 10.4 Å². The molecule has 2 aromatic carbocycles. The molecule has 1 amide bonds. The molecule has 0 aliphatic carbocycles. The first-order chi connectivity index (χ1) is 12.3. The van der Waals surface area contributed by atoms with Crippen LogP contribution in [0.15, 0.2) is 72.9 Å². The first-order valence-electron chi connectivity index (χ1n) is 7.92. The Balaban J connectivity index is 1.50. The van der Waals surface area contributed by atoms with Crippen molar-refractivity contribution in [3.63, 3.8) is 0 Å². The molecular weight excluding hydrogens is 316 g/mol. The summed E-state index contributed by atoms with van der Waals surface area (Å²) in [5.41, 5.74) is 0.576. The molecular formula is C19H18N4O2. The summed E-state index contributed by atoms with van der Waals surface area (Å²) in [5, 5.41) is 5.82. The fourth-order valence-corrected chi connectivity index (χ4v) is 2.14. The van der Waals surface area contributed by atoms with Crippen LogP contribution >= 0.6 is 0 Å². The van der Waals surface area contributed by atoms with E-state index in [0.29, 0.717) is 30.5 Å². The van der Waals surface area contributed by atoms with Gasteiger partial charge in [-0.3, -0.25) is 4.79 Å². The zero-order valence-electron chi connectivity index (χ0n) is 13.6. The Morgan fingerprint density at radius 3 is 2.44 bits per heavy atom. The van der Waals surface area contributed by atoms with Crippen LogP contribution in [-0.2, 0) is 0 Å². The predicted molar refractivity (Wildman–Crippen MR) is 96.9 cm³/mol. The van der Waals surface area contributed by atoms with E-state index in [1.54, 1.807) is 24.4 Å². The average molecular weight is 334 g/mol. The van der Waals surface area contributed by atoms with Crippen LogP contribution < -0.4 is 15.4 Å². The molecule has 3 rings (SSSR count). The minimum absolute atomic E-state index is 0.210. The standard InChI is InChI=1S/C19H18N4O2/c24-18(15-7-3-1-4-8-15)22-17-11-12-20-19(23-17)21-13-14-25-16-9-5-2-6-10-16/h1-12H,13-14H2,(H2,20,21,22,23,24). The van der Waals surface area contributed by atoms with E-state index in [1.807, 2.05) is 48.5 Å². The lowest BCUT2D eigenvalue weighted by Gasteiger charge is -2.09. The minimum atomic E-state index is -0.210. The van der Waals surface area contributed by atoms with Crippen LogP contribution in [0.2, 0.25) is 0 Å². The van der Waals surface area contributed by atoms with Gasteiger partial charge in [-0.05, 0) is 30.3 Å². The number of carbonyl (C=O) groups is 1. The molecule has 2 N–H and O–H groups in total. The fraction of sp³-hybridized carbons (Fsp3) is 0.105. The Labute approximate surface area is 145 Å². The van der Waals surface area contributed by atoms with Gasteiger partial charge in [0.1, 0.15) is 18.2 Å². The summed E-state index contributed by atoms with van der Waals surface area (Å²) >= 11 is 0. The molecule has 0 saturated carbocycles. The van der Waals surface area contributed by atoms with Crippen molar-refractivity contribution in [2.24, 2.45) is 0 Å². The highest BCUT2D eigenvalue weighted by Crippen LogP contribution is 2.09. The number of hydrogen-bond donors (Lipinski definition) is 2. The van der Waals surface area contributed by atoms with Crippen molar-refractivity contribution in [1.29, 1.82) is 0 Å². The van der Waals surface area contributed by atoms with Gasteiger partial charge in [-0.2, -0.15) is 4.98 Å². The SMILES string of the molecule is O=C(Nc1ccnc(NCCOc2ccccc2)n1)c1ccccc1. The van der Waals surface area contributed by atoms with Crippen LogP contribution in [0.5, 0.6) is 5.75 Å². The van der Waals surface area contributed by atoms with Crippen molar-refractivity contribution in [3.05, 3.63) is 78.5 Å². The maximum Gasteiger partial charge on any atom is 0.256 e. The molecule has 1 aromatic heterocycles. The van der Waals surface area contributed by atoms with Crippen LogP contribution in [0.25, 0.3) is 0 Å². The van der Waals surface area contributed by atoms with Crippen LogP contribution in [0, 0.1) is 0 Å². The van der Waals surface area contributed by atoms with Gasteiger partial charge in [0.25, 0.3) is 5.91 Å². The van der Waals surface area contributed by atoms with Crippen molar-refractivity contribution in [3.8, 4) is 5.75 Å². The average Bonchev–Trinajstić information content (AvgIpc) is 2.67. The van der Waals surface area contributed by atoms with Crippen LogP contribution in [-0.4, -0.2) is 29.0 Å². The number of nitrogens with one attached hydrogen (secondary N) is 2. The highest BCUT2D eigenvalue weighted by atomic mass is 16.5. The minimum Gasteiger partial charge on any atom is -0.492 e. The van der Waals surface area contributed by atoms with Gasteiger partial charge < -0.3 is 15.4 Å². The molecule has 6 nitrogen and oxygen atoms in total. The Morgan fingerprint density at radius 1 is 0.960 bits per heavy atom. The molecule has 0 atom stereocenters. The highest BCUT2D eigenvalue weighted by Gasteiger charge is 2.06. The zero-order valence-corrected chi connectivity index (χ0v) is 13.6. The number of anilines is 2. The molecule has 126 valence electrons. The van der Waals surface area contributed by atoms with Crippen molar-refractivity contribution in [2.75, 3.05) is 23.8 Å². The summed E-state index contributed by atoms with van der Waals surface area (Å²) in [5.74, 6) is 1.48. The number of hydrogen-bond acceptors (Lipinski definition) is 5. The highest BCUT2D eigenvalue weighted by molar-refractivity contribution is 6.03. The smallest absolute Gasteiger partial charge is 0.256 e. The molecule has 0 bridgehead atoms. The van der Waals surface area contributed by atoms with Gasteiger partial charge in [-0.1, -0.05) is 36.4 Å². The molecule has 0 aliphatic heterocycles. The van der Waals surface area contributed by atoms with E-state index >= 15 is 0 Å². The largest absolute Gasteiger partial charge is 0.492 e. The summed E-state index contributed by atoms with van der Waals surface area (Å²) < 4.78 is 5.59. The zero-order chi connectivity index (χ0) is 17.3. The maximum atomic E-state index is 12.1. The number of nitrogens with zero attached hydrogens (tertiary/aromatic N) is 2. The fourth-order valence-electron chi connectivity index (χ4n) is 2.14. The van der Waals surface area contributed by atoms with E-state index in [2.05, 4.69) is 20.6 Å². The first-order valence-corrected chi connectivity index (χ1v) is 7.92. The van der Waals surface area contributed by atoms with Gasteiger partial charge in [-0.25, -0.2) is 4.98 Å². The Kier molecular flexibility index (Phi) is 5.56. The lowest BCUT2D eigenvalue weighted by molar-refractivity contribution is 0.102. The third-order valence-corrected chi connectivity index (χ3v) is 3.33. The van der Waals surface area contributed by atoms with Gasteiger partial charge in [0.05, 0.1) is 6.54 Å². The molecule has 0 radical (unpaired) electrons. The number of ether oxygens (including phenoxy) is 1. The second-order valence-corrected chi connectivity index (χ2v) is 5.17. The summed E-state index contributed by atoms with van der Waals surface area (Å²) in [7, 11) is 0. The van der Waals surface area contributed by atoms with E-state index in [4.69, 9.17) is 4.74 Å². The van der Waals surface area contributed by atoms with E-state index in [0.717, 1.165) is 5.75 Å². The Hall–Kier alpha value is -3.41. The van der Waals surface area contributed by atoms with Gasteiger partial charge >= 0.3 is 0 Å². The molecule has 1 heterocycles. The van der Waals surface area contributed by atoms with Crippen molar-refractivity contribution in [1.82, 2.24) is 9.97 Å². The molecule has 0 fully saturated rings. The van der Waals surface area contributed by atoms with Gasteiger partial charge in [-0.15, -0.1) is 0 Å². The van der Waals surface area contributed by atoms with Crippen molar-refractivity contribution in [2.45, 2.75) is 0 Å². The topological polar surface area (TPSA) is 76.1 Å². The number of rotatable bonds is 7. The van der Waals surface area contributed by atoms with Gasteiger partial charge in [0, 0.05) is 11.8 Å². The molecule has 6 heteroatoms. The lowest BCUT2D eigenvalue weighted by Crippen LogP contribution is -2.16. The molecule has 3 aromatic rings. The van der Waals surface area contributed by atoms with Crippen molar-refractivity contribution < 1.29 is 9.53 Å². The van der Waals surface area contributed by atoms with Gasteiger partial charge in [0.2, 0.25) is 5.95 Å². The van der Waals surface area contributed by atoms with E-state index < -0.39 is 0 Å². The normalized spacial score (nSPS) is 10.1. The van der Waals surface area contributed by atoms with Crippen LogP contribution in [0.3, 0.4) is 0 Å².